The van der Waals surface area contributed by atoms with Crippen molar-refractivity contribution < 1.29 is 23.8 Å². The van der Waals surface area contributed by atoms with Gasteiger partial charge in [-0.25, -0.2) is 4.39 Å². The molecule has 22 heavy (non-hydrogen) atoms. The summed E-state index contributed by atoms with van der Waals surface area (Å²) in [5.41, 5.74) is 0.124. The zero-order valence-corrected chi connectivity index (χ0v) is 12.3. The molecule has 1 amide bonds. The van der Waals surface area contributed by atoms with Crippen LogP contribution in [0, 0.1) is 5.82 Å². The van der Waals surface area contributed by atoms with Gasteiger partial charge >= 0.3 is 5.97 Å². The Morgan fingerprint density at radius 1 is 1.45 bits per heavy atom. The second kappa shape index (κ2) is 7.33. The lowest BCUT2D eigenvalue weighted by Gasteiger charge is -2.21. The van der Waals surface area contributed by atoms with E-state index >= 15 is 0 Å². The van der Waals surface area contributed by atoms with Crippen LogP contribution in [0.25, 0.3) is 0 Å². The van der Waals surface area contributed by atoms with E-state index in [1.807, 2.05) is 0 Å². The number of aliphatic hydroxyl groups excluding tert-OH is 1. The fourth-order valence-corrected chi connectivity index (χ4v) is 2.53. The van der Waals surface area contributed by atoms with E-state index in [4.69, 9.17) is 0 Å². The maximum absolute atomic E-state index is 13.4. The number of anilines is 1. The number of esters is 1. The number of para-hydroxylation sites is 1. The third-order valence-electron chi connectivity index (χ3n) is 3.63. The van der Waals surface area contributed by atoms with Gasteiger partial charge < -0.3 is 15.2 Å². The summed E-state index contributed by atoms with van der Waals surface area (Å²) in [5.74, 6) is -1.28. The zero-order chi connectivity index (χ0) is 16.1. The molecule has 1 aliphatic heterocycles. The van der Waals surface area contributed by atoms with Gasteiger partial charge in [0.25, 0.3) is 0 Å². The van der Waals surface area contributed by atoms with Gasteiger partial charge in [0.05, 0.1) is 18.9 Å². The van der Waals surface area contributed by atoms with Crippen LogP contribution in [0.4, 0.5) is 10.1 Å². The Labute approximate surface area is 127 Å². The average molecular weight is 310 g/mol. The number of nitrogens with zero attached hydrogens (tertiary/aromatic N) is 1. The van der Waals surface area contributed by atoms with E-state index in [1.54, 1.807) is 11.0 Å². The first-order valence-corrected chi connectivity index (χ1v) is 7.05. The van der Waals surface area contributed by atoms with Crippen molar-refractivity contribution in [2.24, 2.45) is 0 Å². The molecule has 1 heterocycles. The number of carbonyl (C=O) groups excluding carboxylic acids is 2. The second-order valence-corrected chi connectivity index (χ2v) is 5.20. The van der Waals surface area contributed by atoms with Gasteiger partial charge in [0.2, 0.25) is 5.91 Å². The lowest BCUT2D eigenvalue weighted by atomic mass is 10.2. The normalized spacial score (nSPS) is 21.6. The minimum absolute atomic E-state index is 0.0918. The van der Waals surface area contributed by atoms with Crippen LogP contribution >= 0.6 is 0 Å². The molecule has 1 aromatic carbocycles. The van der Waals surface area contributed by atoms with E-state index in [1.165, 1.54) is 25.3 Å². The topological polar surface area (TPSA) is 78.9 Å². The number of likely N-dealkylation sites (tertiary alicyclic amines) is 1. The number of hydrogen-bond donors (Lipinski definition) is 2. The smallest absolute Gasteiger partial charge is 0.323 e. The highest BCUT2D eigenvalue weighted by Crippen LogP contribution is 2.19. The molecule has 120 valence electrons. The lowest BCUT2D eigenvalue weighted by Crippen LogP contribution is -2.38. The highest BCUT2D eigenvalue weighted by molar-refractivity contribution is 5.91. The number of nitrogens with one attached hydrogen (secondary N) is 1. The summed E-state index contributed by atoms with van der Waals surface area (Å²) >= 11 is 0. The average Bonchev–Trinajstić information content (AvgIpc) is 2.88. The Morgan fingerprint density at radius 2 is 2.18 bits per heavy atom. The van der Waals surface area contributed by atoms with Crippen molar-refractivity contribution >= 4 is 17.6 Å². The number of aliphatic hydroxyl groups is 1. The summed E-state index contributed by atoms with van der Waals surface area (Å²) in [6.45, 7) is 0.601. The predicted molar refractivity (Wildman–Crippen MR) is 77.6 cm³/mol. The van der Waals surface area contributed by atoms with Gasteiger partial charge in [-0.15, -0.1) is 0 Å². The van der Waals surface area contributed by atoms with E-state index in [9.17, 15) is 19.1 Å². The lowest BCUT2D eigenvalue weighted by molar-refractivity contribution is -0.146. The Hall–Kier alpha value is -1.99. The standard InChI is InChI=1S/C15H19FN2O4/c1-22-15(21)13-8-10(19)9-18(13)7-6-14(20)17-12-5-3-2-4-11(12)16/h2-5,10,13,19H,6-9H2,1H3,(H,17,20)/t10-,13-/m0/s1. The van der Waals surface area contributed by atoms with Crippen molar-refractivity contribution in [3.8, 4) is 0 Å². The number of rotatable bonds is 5. The van der Waals surface area contributed by atoms with Crippen molar-refractivity contribution in [1.82, 2.24) is 4.90 Å². The van der Waals surface area contributed by atoms with Gasteiger partial charge in [0.15, 0.2) is 0 Å². The van der Waals surface area contributed by atoms with Crippen molar-refractivity contribution in [1.29, 1.82) is 0 Å². The first kappa shape index (κ1) is 16.4. The molecular formula is C15H19FN2O4. The first-order valence-electron chi connectivity index (χ1n) is 7.05. The summed E-state index contributed by atoms with van der Waals surface area (Å²) in [5, 5.41) is 12.1. The Kier molecular flexibility index (Phi) is 5.46. The Bertz CT molecular complexity index is 552. The van der Waals surface area contributed by atoms with Crippen molar-refractivity contribution in [2.75, 3.05) is 25.5 Å². The van der Waals surface area contributed by atoms with Crippen LogP contribution in [0.5, 0.6) is 0 Å². The van der Waals surface area contributed by atoms with Crippen LogP contribution in [0.3, 0.4) is 0 Å². The summed E-state index contributed by atoms with van der Waals surface area (Å²) < 4.78 is 18.1. The van der Waals surface area contributed by atoms with E-state index in [0.29, 0.717) is 13.0 Å². The summed E-state index contributed by atoms with van der Waals surface area (Å²) in [6.07, 6.45) is -0.227. The zero-order valence-electron chi connectivity index (χ0n) is 12.3. The Balaban J connectivity index is 1.87. The fraction of sp³-hybridized carbons (Fsp3) is 0.467. The summed E-state index contributed by atoms with van der Waals surface area (Å²) in [6, 6.07) is 5.37. The SMILES string of the molecule is COC(=O)[C@@H]1C[C@H](O)CN1CCC(=O)Nc1ccccc1F. The molecule has 0 aliphatic carbocycles. The quantitative estimate of drug-likeness (QED) is 0.785. The number of benzene rings is 1. The van der Waals surface area contributed by atoms with Crippen LogP contribution < -0.4 is 5.32 Å². The Morgan fingerprint density at radius 3 is 2.86 bits per heavy atom. The molecule has 1 fully saturated rings. The monoisotopic (exact) mass is 310 g/mol. The molecule has 0 unspecified atom stereocenters. The van der Waals surface area contributed by atoms with Crippen LogP contribution in [0.15, 0.2) is 24.3 Å². The summed E-state index contributed by atoms with van der Waals surface area (Å²) in [7, 11) is 1.29. The third-order valence-corrected chi connectivity index (χ3v) is 3.63. The van der Waals surface area contributed by atoms with E-state index in [-0.39, 0.29) is 24.6 Å². The van der Waals surface area contributed by atoms with Crippen molar-refractivity contribution in [3.63, 3.8) is 0 Å². The molecule has 2 atom stereocenters. The van der Waals surface area contributed by atoms with Gasteiger partial charge in [-0.3, -0.25) is 14.5 Å². The first-order chi connectivity index (χ1) is 10.5. The van der Waals surface area contributed by atoms with Crippen LogP contribution in [-0.2, 0) is 14.3 Å². The maximum atomic E-state index is 13.4. The van der Waals surface area contributed by atoms with Gasteiger partial charge in [-0.2, -0.15) is 0 Å². The van der Waals surface area contributed by atoms with Gasteiger partial charge in [-0.1, -0.05) is 12.1 Å². The minimum Gasteiger partial charge on any atom is -0.468 e. The molecule has 0 aromatic heterocycles. The molecule has 7 heteroatoms. The van der Waals surface area contributed by atoms with Crippen LogP contribution in [-0.4, -0.2) is 54.2 Å². The number of halogens is 1. The molecule has 1 saturated heterocycles. The number of methoxy groups -OCH3 is 1. The summed E-state index contributed by atoms with van der Waals surface area (Å²) in [4.78, 5) is 25.2. The molecule has 0 bridgehead atoms. The molecule has 1 aliphatic rings. The number of carbonyl (C=O) groups is 2. The van der Waals surface area contributed by atoms with Crippen molar-refractivity contribution in [3.05, 3.63) is 30.1 Å². The highest BCUT2D eigenvalue weighted by Gasteiger charge is 2.36. The number of ether oxygens (including phenoxy) is 1. The minimum atomic E-state index is -0.612. The van der Waals surface area contributed by atoms with Gasteiger partial charge in [-0.05, 0) is 12.1 Å². The largest absolute Gasteiger partial charge is 0.468 e. The maximum Gasteiger partial charge on any atom is 0.323 e. The molecule has 6 nitrogen and oxygen atoms in total. The number of hydrogen-bond acceptors (Lipinski definition) is 5. The van der Waals surface area contributed by atoms with Gasteiger partial charge in [0, 0.05) is 25.9 Å². The molecular weight excluding hydrogens is 291 g/mol. The van der Waals surface area contributed by atoms with E-state index < -0.39 is 23.9 Å². The molecule has 2 N–H and O–H groups in total. The fourth-order valence-electron chi connectivity index (χ4n) is 2.53. The highest BCUT2D eigenvalue weighted by atomic mass is 19.1. The molecule has 0 saturated carbocycles. The third kappa shape index (κ3) is 4.02. The molecule has 0 spiro atoms. The molecule has 0 radical (unpaired) electrons. The number of β-amino-alcohol motifs (C(OH)–C–C–N with tert-alkyl or cyclic N) is 1. The van der Waals surface area contributed by atoms with E-state index in [0.717, 1.165) is 0 Å². The predicted octanol–water partition coefficient (Wildman–Crippen LogP) is 0.762. The van der Waals surface area contributed by atoms with Gasteiger partial charge in [0.1, 0.15) is 11.9 Å². The second-order valence-electron chi connectivity index (χ2n) is 5.20. The molecule has 2 rings (SSSR count). The van der Waals surface area contributed by atoms with Crippen molar-refractivity contribution in [2.45, 2.75) is 25.0 Å². The van der Waals surface area contributed by atoms with E-state index in [2.05, 4.69) is 10.1 Å². The molecule has 1 aromatic rings. The van der Waals surface area contributed by atoms with Crippen LogP contribution in [0.2, 0.25) is 0 Å². The number of amides is 1. The van der Waals surface area contributed by atoms with Crippen LogP contribution in [0.1, 0.15) is 12.8 Å².